The summed E-state index contributed by atoms with van der Waals surface area (Å²) in [6.45, 7) is 0. The van der Waals surface area contributed by atoms with E-state index in [2.05, 4.69) is 9.97 Å². The Morgan fingerprint density at radius 3 is 2.53 bits per heavy atom. The third-order valence-electron chi connectivity index (χ3n) is 4.84. The molecule has 5 aromatic rings. The molecule has 0 aliphatic rings. The van der Waals surface area contributed by atoms with Crippen molar-refractivity contribution in [1.29, 1.82) is 0 Å². The van der Waals surface area contributed by atoms with Crippen molar-refractivity contribution in [1.82, 2.24) is 9.97 Å². The van der Waals surface area contributed by atoms with Crippen molar-refractivity contribution in [2.24, 2.45) is 0 Å². The summed E-state index contributed by atoms with van der Waals surface area (Å²) in [7, 11) is 0. The Kier molecular flexibility index (Phi) is 4.20. The highest BCUT2D eigenvalue weighted by molar-refractivity contribution is 6.42. The molecule has 8 heteroatoms. The number of carboxylic acid groups (broad SMARTS) is 1. The summed E-state index contributed by atoms with van der Waals surface area (Å²) in [5.74, 6) is 0.320. The SMILES string of the molecule is O=C(O)c1cc(O)c2c(ccc3[nH]c(-c4ccc(-c5ccc(Cl)c(Cl)c5)o4)nc32)c1. The van der Waals surface area contributed by atoms with Crippen LogP contribution in [-0.2, 0) is 0 Å². The maximum absolute atomic E-state index is 11.2. The zero-order chi connectivity index (χ0) is 21.0. The number of furan rings is 1. The van der Waals surface area contributed by atoms with Crippen molar-refractivity contribution in [2.75, 3.05) is 0 Å². The van der Waals surface area contributed by atoms with Crippen LogP contribution < -0.4 is 0 Å². The number of aromatic amines is 1. The van der Waals surface area contributed by atoms with E-state index in [0.29, 0.717) is 49.2 Å². The Morgan fingerprint density at radius 2 is 1.77 bits per heavy atom. The van der Waals surface area contributed by atoms with Gasteiger partial charge in [-0.2, -0.15) is 0 Å². The number of aromatic nitrogens is 2. The quantitative estimate of drug-likeness (QED) is 0.304. The molecule has 3 aromatic carbocycles. The number of aromatic carboxylic acids is 1. The standard InChI is InChI=1S/C22H12Cl2N2O4/c23-13-3-1-10(8-14(13)24)17-5-6-18(30-17)21-25-15-4-2-11-7-12(22(28)29)9-16(27)19(11)20(15)26-21/h1-9,27H,(H,25,26)(H,28,29). The van der Waals surface area contributed by atoms with Crippen LogP contribution >= 0.6 is 23.2 Å². The molecule has 0 amide bonds. The number of rotatable bonds is 3. The van der Waals surface area contributed by atoms with Gasteiger partial charge in [-0.1, -0.05) is 29.3 Å². The summed E-state index contributed by atoms with van der Waals surface area (Å²) in [6, 6.07) is 15.0. The normalized spacial score (nSPS) is 11.4. The third-order valence-corrected chi connectivity index (χ3v) is 5.58. The molecular formula is C22H12Cl2N2O4. The molecule has 0 saturated heterocycles. The molecule has 0 bridgehead atoms. The first-order chi connectivity index (χ1) is 14.4. The van der Waals surface area contributed by atoms with Crippen LogP contribution in [0.3, 0.4) is 0 Å². The zero-order valence-corrected chi connectivity index (χ0v) is 16.6. The first-order valence-corrected chi connectivity index (χ1v) is 9.60. The maximum atomic E-state index is 11.2. The topological polar surface area (TPSA) is 99.3 Å². The van der Waals surface area contributed by atoms with Gasteiger partial charge in [-0.05, 0) is 53.9 Å². The number of nitrogens with zero attached hydrogens (tertiary/aromatic N) is 1. The van der Waals surface area contributed by atoms with Crippen LogP contribution in [0.15, 0.2) is 59.0 Å². The van der Waals surface area contributed by atoms with Gasteiger partial charge in [0.2, 0.25) is 0 Å². The number of benzene rings is 3. The lowest BCUT2D eigenvalue weighted by Crippen LogP contribution is -1.95. The van der Waals surface area contributed by atoms with Crippen LogP contribution in [0.1, 0.15) is 10.4 Å². The maximum Gasteiger partial charge on any atom is 0.335 e. The van der Waals surface area contributed by atoms with Crippen LogP contribution in [0.4, 0.5) is 0 Å². The minimum absolute atomic E-state index is 0.00686. The van der Waals surface area contributed by atoms with E-state index in [1.807, 2.05) is 0 Å². The fraction of sp³-hybridized carbons (Fsp3) is 0. The molecule has 5 rings (SSSR count). The van der Waals surface area contributed by atoms with Gasteiger partial charge in [0.25, 0.3) is 0 Å². The van der Waals surface area contributed by atoms with Crippen LogP contribution in [0, 0.1) is 0 Å². The van der Waals surface area contributed by atoms with Crippen molar-refractivity contribution >= 4 is 51.0 Å². The summed E-state index contributed by atoms with van der Waals surface area (Å²) in [5.41, 5.74) is 1.98. The first-order valence-electron chi connectivity index (χ1n) is 8.85. The highest BCUT2D eigenvalue weighted by Crippen LogP contribution is 2.36. The van der Waals surface area contributed by atoms with E-state index in [-0.39, 0.29) is 11.3 Å². The van der Waals surface area contributed by atoms with Gasteiger partial charge in [-0.3, -0.25) is 0 Å². The molecular weight excluding hydrogens is 427 g/mol. The molecule has 0 atom stereocenters. The Labute approximate surface area is 179 Å². The van der Waals surface area contributed by atoms with E-state index >= 15 is 0 Å². The number of halogens is 2. The van der Waals surface area contributed by atoms with Gasteiger partial charge < -0.3 is 19.6 Å². The van der Waals surface area contributed by atoms with Crippen molar-refractivity contribution in [2.45, 2.75) is 0 Å². The molecule has 3 N–H and O–H groups in total. The number of hydrogen-bond donors (Lipinski definition) is 3. The molecule has 2 aromatic heterocycles. The van der Waals surface area contributed by atoms with Crippen LogP contribution in [0.2, 0.25) is 10.0 Å². The van der Waals surface area contributed by atoms with Gasteiger partial charge in [0, 0.05) is 5.56 Å². The van der Waals surface area contributed by atoms with Gasteiger partial charge in [-0.25, -0.2) is 9.78 Å². The summed E-state index contributed by atoms with van der Waals surface area (Å²) >= 11 is 12.1. The lowest BCUT2D eigenvalue weighted by Gasteiger charge is -2.04. The average molecular weight is 439 g/mol. The number of carbonyl (C=O) groups is 1. The number of H-pyrrole nitrogens is 1. The molecule has 0 saturated carbocycles. The second-order valence-electron chi connectivity index (χ2n) is 6.74. The van der Waals surface area contributed by atoms with E-state index in [1.165, 1.54) is 12.1 Å². The van der Waals surface area contributed by atoms with Crippen molar-refractivity contribution in [3.63, 3.8) is 0 Å². The minimum Gasteiger partial charge on any atom is -0.507 e. The molecule has 0 spiro atoms. The predicted octanol–water partition coefficient (Wildman–Crippen LogP) is 6.35. The van der Waals surface area contributed by atoms with Crippen molar-refractivity contribution < 1.29 is 19.4 Å². The second kappa shape index (κ2) is 6.79. The fourth-order valence-electron chi connectivity index (χ4n) is 3.42. The number of imidazole rings is 1. The number of fused-ring (bicyclic) bond motifs is 3. The molecule has 0 aliphatic carbocycles. The highest BCUT2D eigenvalue weighted by Gasteiger charge is 2.16. The molecule has 0 aliphatic heterocycles. The molecule has 6 nitrogen and oxygen atoms in total. The summed E-state index contributed by atoms with van der Waals surface area (Å²) in [6.07, 6.45) is 0. The number of phenolic OH excluding ortho intramolecular Hbond substituents is 1. The summed E-state index contributed by atoms with van der Waals surface area (Å²) in [5, 5.41) is 21.6. The highest BCUT2D eigenvalue weighted by atomic mass is 35.5. The molecule has 30 heavy (non-hydrogen) atoms. The molecule has 0 radical (unpaired) electrons. The second-order valence-corrected chi connectivity index (χ2v) is 7.55. The Bertz CT molecular complexity index is 1470. The van der Waals surface area contributed by atoms with E-state index in [4.69, 9.17) is 27.6 Å². The van der Waals surface area contributed by atoms with Crippen molar-refractivity contribution in [3.8, 4) is 28.7 Å². The summed E-state index contributed by atoms with van der Waals surface area (Å²) in [4.78, 5) is 19.0. The van der Waals surface area contributed by atoms with Crippen LogP contribution in [0.5, 0.6) is 5.75 Å². The molecule has 2 heterocycles. The van der Waals surface area contributed by atoms with Gasteiger partial charge in [-0.15, -0.1) is 0 Å². The fourth-order valence-corrected chi connectivity index (χ4v) is 3.72. The monoisotopic (exact) mass is 438 g/mol. The predicted molar refractivity (Wildman–Crippen MR) is 115 cm³/mol. The number of carboxylic acids is 1. The third kappa shape index (κ3) is 2.98. The van der Waals surface area contributed by atoms with E-state index in [9.17, 15) is 15.0 Å². The van der Waals surface area contributed by atoms with Gasteiger partial charge in [0.15, 0.2) is 11.6 Å². The van der Waals surface area contributed by atoms with E-state index in [0.717, 1.165) is 5.56 Å². The van der Waals surface area contributed by atoms with Gasteiger partial charge >= 0.3 is 5.97 Å². The molecule has 0 fully saturated rings. The van der Waals surface area contributed by atoms with Crippen LogP contribution in [0.25, 0.3) is 44.7 Å². The first kappa shape index (κ1) is 18.5. The molecule has 148 valence electrons. The smallest absolute Gasteiger partial charge is 0.335 e. The number of hydrogen-bond acceptors (Lipinski definition) is 4. The number of aromatic hydroxyl groups is 1. The molecule has 0 unspecified atom stereocenters. The number of nitrogens with one attached hydrogen (secondary N) is 1. The van der Waals surface area contributed by atoms with E-state index < -0.39 is 5.97 Å². The van der Waals surface area contributed by atoms with Crippen LogP contribution in [-0.4, -0.2) is 26.2 Å². The Morgan fingerprint density at radius 1 is 0.967 bits per heavy atom. The van der Waals surface area contributed by atoms with Gasteiger partial charge in [0.1, 0.15) is 17.0 Å². The Hall–Kier alpha value is -3.48. The lowest BCUT2D eigenvalue weighted by atomic mass is 10.0. The number of phenols is 1. The largest absolute Gasteiger partial charge is 0.507 e. The van der Waals surface area contributed by atoms with Gasteiger partial charge in [0.05, 0.1) is 26.5 Å². The summed E-state index contributed by atoms with van der Waals surface area (Å²) < 4.78 is 5.94. The lowest BCUT2D eigenvalue weighted by molar-refractivity contribution is 0.0696. The van der Waals surface area contributed by atoms with Crippen molar-refractivity contribution in [3.05, 3.63) is 70.2 Å². The minimum atomic E-state index is -1.11. The van der Waals surface area contributed by atoms with E-state index in [1.54, 1.807) is 42.5 Å². The Balaban J connectivity index is 1.62. The zero-order valence-electron chi connectivity index (χ0n) is 15.1. The average Bonchev–Trinajstić information content (AvgIpc) is 3.36.